The quantitative estimate of drug-likeness (QED) is 0.673. The van der Waals surface area contributed by atoms with Gasteiger partial charge in [-0.2, -0.15) is 0 Å². The van der Waals surface area contributed by atoms with Crippen LogP contribution >= 0.6 is 0 Å². The van der Waals surface area contributed by atoms with E-state index in [1.54, 1.807) is 24.3 Å². The number of anilines is 1. The van der Waals surface area contributed by atoms with E-state index in [1.165, 1.54) is 7.11 Å². The van der Waals surface area contributed by atoms with E-state index >= 15 is 0 Å². The highest BCUT2D eigenvalue weighted by atomic mass is 16.5. The number of methoxy groups -OCH3 is 1. The zero-order chi connectivity index (χ0) is 19.2. The van der Waals surface area contributed by atoms with Crippen LogP contribution in [-0.2, 0) is 16.0 Å². The first-order valence-electron chi connectivity index (χ1n) is 8.44. The van der Waals surface area contributed by atoms with Gasteiger partial charge in [0.25, 0.3) is 0 Å². The van der Waals surface area contributed by atoms with E-state index in [2.05, 4.69) is 15.5 Å². The fraction of sp³-hybridized carbons (Fsp3) is 0.200. The molecule has 0 atom stereocenters. The molecule has 0 saturated heterocycles. The van der Waals surface area contributed by atoms with E-state index in [4.69, 9.17) is 9.15 Å². The normalized spacial score (nSPS) is 10.4. The van der Waals surface area contributed by atoms with Crippen LogP contribution in [0.3, 0.4) is 0 Å². The maximum absolute atomic E-state index is 12.2. The van der Waals surface area contributed by atoms with E-state index in [-0.39, 0.29) is 12.3 Å². The zero-order valence-corrected chi connectivity index (χ0v) is 15.1. The Morgan fingerprint density at radius 2 is 1.81 bits per heavy atom. The number of nitrogens with one attached hydrogen (secondary N) is 1. The summed E-state index contributed by atoms with van der Waals surface area (Å²) >= 11 is 0. The van der Waals surface area contributed by atoms with Crippen molar-refractivity contribution in [1.82, 2.24) is 10.2 Å². The van der Waals surface area contributed by atoms with Crippen molar-refractivity contribution in [3.63, 3.8) is 0 Å². The molecule has 0 fully saturated rings. The van der Waals surface area contributed by atoms with Crippen molar-refractivity contribution in [2.24, 2.45) is 0 Å². The molecule has 138 valence electrons. The molecular weight excluding hydrogens is 346 g/mol. The minimum Gasteiger partial charge on any atom is -0.465 e. The van der Waals surface area contributed by atoms with Crippen molar-refractivity contribution < 1.29 is 18.7 Å². The fourth-order valence-corrected chi connectivity index (χ4v) is 2.59. The second-order valence-electron chi connectivity index (χ2n) is 5.90. The Morgan fingerprint density at radius 3 is 2.59 bits per heavy atom. The number of amides is 1. The minimum absolute atomic E-state index is 0.144. The first-order valence-corrected chi connectivity index (χ1v) is 8.44. The van der Waals surface area contributed by atoms with E-state index in [0.29, 0.717) is 29.5 Å². The summed E-state index contributed by atoms with van der Waals surface area (Å²) in [5.41, 5.74) is 2.60. The van der Waals surface area contributed by atoms with Gasteiger partial charge < -0.3 is 14.5 Å². The first-order chi connectivity index (χ1) is 13.1. The van der Waals surface area contributed by atoms with Crippen LogP contribution in [0.25, 0.3) is 11.5 Å². The van der Waals surface area contributed by atoms with Crippen molar-refractivity contribution in [2.75, 3.05) is 12.4 Å². The number of aryl methyl sites for hydroxylation is 2. The number of benzene rings is 2. The number of para-hydroxylation sites is 1. The van der Waals surface area contributed by atoms with Crippen LogP contribution in [0, 0.1) is 6.92 Å². The molecule has 0 saturated carbocycles. The van der Waals surface area contributed by atoms with E-state index in [1.807, 2.05) is 31.2 Å². The van der Waals surface area contributed by atoms with Crippen LogP contribution in [0.15, 0.2) is 52.9 Å². The molecule has 7 nitrogen and oxygen atoms in total. The zero-order valence-electron chi connectivity index (χ0n) is 15.1. The van der Waals surface area contributed by atoms with Crippen LogP contribution in [-0.4, -0.2) is 29.2 Å². The molecule has 2 aromatic carbocycles. The molecule has 3 aromatic rings. The number of carbonyl (C=O) groups excluding carboxylic acids is 2. The van der Waals surface area contributed by atoms with E-state index < -0.39 is 5.97 Å². The lowest BCUT2D eigenvalue weighted by Crippen LogP contribution is -2.15. The lowest BCUT2D eigenvalue weighted by atomic mass is 10.1. The number of carbonyl (C=O) groups is 2. The molecule has 0 aliphatic heterocycles. The van der Waals surface area contributed by atoms with Gasteiger partial charge in [0.2, 0.25) is 17.7 Å². The summed E-state index contributed by atoms with van der Waals surface area (Å²) in [6, 6.07) is 14.4. The lowest BCUT2D eigenvalue weighted by molar-refractivity contribution is -0.116. The molecule has 0 bridgehead atoms. The van der Waals surface area contributed by atoms with Gasteiger partial charge in [-0.1, -0.05) is 30.3 Å². The Morgan fingerprint density at radius 1 is 1.07 bits per heavy atom. The van der Waals surface area contributed by atoms with Crippen molar-refractivity contribution in [1.29, 1.82) is 0 Å². The number of aromatic nitrogens is 2. The van der Waals surface area contributed by atoms with Crippen LogP contribution in [0.1, 0.15) is 28.2 Å². The molecular formula is C20H19N3O4. The average Bonchev–Trinajstić information content (AvgIpc) is 3.15. The SMILES string of the molecule is COC(=O)c1ccccc1NC(=O)CCc1nnc(-c2ccccc2C)o1. The molecule has 0 unspecified atom stereocenters. The first kappa shape index (κ1) is 18.3. The molecule has 1 amide bonds. The average molecular weight is 365 g/mol. The maximum Gasteiger partial charge on any atom is 0.339 e. The highest BCUT2D eigenvalue weighted by Gasteiger charge is 2.15. The van der Waals surface area contributed by atoms with Gasteiger partial charge in [-0.05, 0) is 30.7 Å². The molecule has 0 radical (unpaired) electrons. The van der Waals surface area contributed by atoms with Gasteiger partial charge in [-0.3, -0.25) is 4.79 Å². The number of hydrogen-bond donors (Lipinski definition) is 1. The molecule has 3 rings (SSSR count). The lowest BCUT2D eigenvalue weighted by Gasteiger charge is -2.08. The molecule has 0 aliphatic rings. The summed E-state index contributed by atoms with van der Waals surface area (Å²) in [6.45, 7) is 1.96. The molecule has 7 heteroatoms. The van der Waals surface area contributed by atoms with Gasteiger partial charge in [-0.15, -0.1) is 10.2 Å². The summed E-state index contributed by atoms with van der Waals surface area (Å²) < 4.78 is 10.4. The predicted molar refractivity (Wildman–Crippen MR) is 99.2 cm³/mol. The molecule has 1 N–H and O–H groups in total. The Bertz CT molecular complexity index is 965. The van der Waals surface area contributed by atoms with E-state index in [0.717, 1.165) is 11.1 Å². The van der Waals surface area contributed by atoms with Crippen LogP contribution in [0.4, 0.5) is 5.69 Å². The second kappa shape index (κ2) is 8.27. The van der Waals surface area contributed by atoms with Gasteiger partial charge in [0, 0.05) is 18.4 Å². The number of ether oxygens (including phenoxy) is 1. The molecule has 0 spiro atoms. The smallest absolute Gasteiger partial charge is 0.339 e. The summed E-state index contributed by atoms with van der Waals surface area (Å²) in [5.74, 6) is 0.0388. The molecule has 27 heavy (non-hydrogen) atoms. The van der Waals surface area contributed by atoms with Gasteiger partial charge in [0.05, 0.1) is 18.4 Å². The number of rotatable bonds is 6. The van der Waals surface area contributed by atoms with Crippen molar-refractivity contribution in [2.45, 2.75) is 19.8 Å². The van der Waals surface area contributed by atoms with Crippen LogP contribution in [0.2, 0.25) is 0 Å². The number of hydrogen-bond acceptors (Lipinski definition) is 6. The third-order valence-electron chi connectivity index (χ3n) is 4.01. The Balaban J connectivity index is 1.62. The summed E-state index contributed by atoms with van der Waals surface area (Å²) in [4.78, 5) is 24.0. The number of esters is 1. The third-order valence-corrected chi connectivity index (χ3v) is 4.01. The van der Waals surface area contributed by atoms with Crippen molar-refractivity contribution in [3.05, 3.63) is 65.5 Å². The van der Waals surface area contributed by atoms with E-state index in [9.17, 15) is 9.59 Å². The third kappa shape index (κ3) is 4.38. The van der Waals surface area contributed by atoms with Gasteiger partial charge in [0.15, 0.2) is 0 Å². The van der Waals surface area contributed by atoms with Crippen LogP contribution < -0.4 is 5.32 Å². The molecule has 1 heterocycles. The Kier molecular flexibility index (Phi) is 5.61. The fourth-order valence-electron chi connectivity index (χ4n) is 2.59. The topological polar surface area (TPSA) is 94.3 Å². The highest BCUT2D eigenvalue weighted by molar-refractivity contribution is 6.01. The second-order valence-corrected chi connectivity index (χ2v) is 5.90. The van der Waals surface area contributed by atoms with Gasteiger partial charge in [-0.25, -0.2) is 4.79 Å². The van der Waals surface area contributed by atoms with Crippen molar-refractivity contribution >= 4 is 17.6 Å². The largest absolute Gasteiger partial charge is 0.465 e. The summed E-state index contributed by atoms with van der Waals surface area (Å²) in [7, 11) is 1.29. The standard InChI is InChI=1S/C20H19N3O4/c1-13-7-3-4-8-14(13)19-23-22-18(27-19)12-11-17(24)21-16-10-6-5-9-15(16)20(25)26-2/h3-10H,11-12H2,1-2H3,(H,21,24). The summed E-state index contributed by atoms with van der Waals surface area (Å²) in [5, 5.41) is 10.8. The minimum atomic E-state index is -0.509. The highest BCUT2D eigenvalue weighted by Crippen LogP contribution is 2.22. The molecule has 0 aliphatic carbocycles. The number of nitrogens with zero attached hydrogens (tertiary/aromatic N) is 2. The van der Waals surface area contributed by atoms with Gasteiger partial charge >= 0.3 is 5.97 Å². The van der Waals surface area contributed by atoms with Crippen molar-refractivity contribution in [3.8, 4) is 11.5 Å². The Hall–Kier alpha value is -3.48. The predicted octanol–water partition coefficient (Wildman–Crippen LogP) is 3.40. The van der Waals surface area contributed by atoms with Gasteiger partial charge in [0.1, 0.15) is 0 Å². The monoisotopic (exact) mass is 365 g/mol. The summed E-state index contributed by atoms with van der Waals surface area (Å²) in [6.07, 6.45) is 0.440. The molecule has 1 aromatic heterocycles. The maximum atomic E-state index is 12.2. The Labute approximate surface area is 156 Å². The van der Waals surface area contributed by atoms with Crippen LogP contribution in [0.5, 0.6) is 0 Å².